The van der Waals surface area contributed by atoms with Gasteiger partial charge in [-0.05, 0) is 50.6 Å². The lowest BCUT2D eigenvalue weighted by Gasteiger charge is -2.25. The summed E-state index contributed by atoms with van der Waals surface area (Å²) in [7, 11) is 0. The number of hydrogen-bond donors (Lipinski definition) is 2. The second kappa shape index (κ2) is 7.73. The molecule has 1 aromatic heterocycles. The lowest BCUT2D eigenvalue weighted by molar-refractivity contribution is -0.126. The Balaban J connectivity index is 1.81. The van der Waals surface area contributed by atoms with Crippen LogP contribution in [-0.4, -0.2) is 40.0 Å². The molecule has 1 aliphatic heterocycles. The number of likely N-dealkylation sites (tertiary alicyclic amines) is 1. The average Bonchev–Trinajstić information content (AvgIpc) is 3.21. The van der Waals surface area contributed by atoms with Crippen LogP contribution in [0.15, 0.2) is 42.6 Å². The molecule has 26 heavy (non-hydrogen) atoms. The molecular formula is C20H25N5O. The van der Waals surface area contributed by atoms with Crippen LogP contribution < -0.4 is 11.1 Å². The minimum absolute atomic E-state index is 0.00300. The van der Waals surface area contributed by atoms with Gasteiger partial charge in [-0.25, -0.2) is 0 Å². The third-order valence-electron chi connectivity index (χ3n) is 4.62. The summed E-state index contributed by atoms with van der Waals surface area (Å²) in [6.07, 6.45) is 2.65. The molecule has 1 amide bonds. The maximum atomic E-state index is 12.5. The van der Waals surface area contributed by atoms with Crippen LogP contribution in [0.2, 0.25) is 0 Å². The van der Waals surface area contributed by atoms with Gasteiger partial charge in [-0.1, -0.05) is 6.07 Å². The standard InChI is InChI=1S/C20H25N5O/c1-14(2)23-20(26)19-10-16(22)12-24(19)13-18-7-4-8-25(18)17-6-3-5-15(9-17)11-21/h3-9,14,16,19H,10,12-13,22H2,1-2H3,(H,23,26)/t16-,19+/m1/s1. The number of aromatic nitrogens is 1. The quantitative estimate of drug-likeness (QED) is 0.859. The van der Waals surface area contributed by atoms with Gasteiger partial charge in [-0.15, -0.1) is 0 Å². The van der Waals surface area contributed by atoms with E-state index in [0.717, 1.165) is 11.4 Å². The van der Waals surface area contributed by atoms with Gasteiger partial charge < -0.3 is 15.6 Å². The number of carbonyl (C=O) groups is 1. The smallest absolute Gasteiger partial charge is 0.237 e. The van der Waals surface area contributed by atoms with E-state index in [1.54, 1.807) is 6.07 Å². The van der Waals surface area contributed by atoms with Crippen molar-refractivity contribution in [2.45, 2.75) is 44.9 Å². The van der Waals surface area contributed by atoms with Crippen molar-refractivity contribution in [2.75, 3.05) is 6.54 Å². The zero-order valence-electron chi connectivity index (χ0n) is 15.2. The summed E-state index contributed by atoms with van der Waals surface area (Å²) in [4.78, 5) is 14.7. The molecular weight excluding hydrogens is 326 g/mol. The first-order chi connectivity index (χ1) is 12.5. The van der Waals surface area contributed by atoms with E-state index in [9.17, 15) is 4.79 Å². The van der Waals surface area contributed by atoms with E-state index in [1.807, 2.05) is 50.4 Å². The highest BCUT2D eigenvalue weighted by atomic mass is 16.2. The fraction of sp³-hybridized carbons (Fsp3) is 0.400. The van der Waals surface area contributed by atoms with Gasteiger partial charge in [0.2, 0.25) is 5.91 Å². The largest absolute Gasteiger partial charge is 0.353 e. The lowest BCUT2D eigenvalue weighted by atomic mass is 10.1. The molecule has 0 radical (unpaired) electrons. The Morgan fingerprint density at radius 1 is 1.38 bits per heavy atom. The Morgan fingerprint density at radius 3 is 2.92 bits per heavy atom. The number of amides is 1. The molecule has 1 aliphatic rings. The molecule has 1 fully saturated rings. The van der Waals surface area contributed by atoms with Gasteiger partial charge in [-0.2, -0.15) is 5.26 Å². The molecule has 1 aromatic carbocycles. The first-order valence-corrected chi connectivity index (χ1v) is 8.94. The summed E-state index contributed by atoms with van der Waals surface area (Å²) >= 11 is 0. The van der Waals surface area contributed by atoms with E-state index in [1.165, 1.54) is 0 Å². The molecule has 2 atom stereocenters. The normalized spacial score (nSPS) is 20.3. The predicted molar refractivity (Wildman–Crippen MR) is 101 cm³/mol. The first kappa shape index (κ1) is 18.2. The van der Waals surface area contributed by atoms with E-state index in [4.69, 9.17) is 11.0 Å². The fourth-order valence-corrected chi connectivity index (χ4v) is 3.50. The van der Waals surface area contributed by atoms with Gasteiger partial charge in [0.1, 0.15) is 0 Å². The molecule has 0 bridgehead atoms. The highest BCUT2D eigenvalue weighted by molar-refractivity contribution is 5.82. The third kappa shape index (κ3) is 3.96. The van der Waals surface area contributed by atoms with E-state index < -0.39 is 0 Å². The van der Waals surface area contributed by atoms with Gasteiger partial charge in [0.15, 0.2) is 0 Å². The fourth-order valence-electron chi connectivity index (χ4n) is 3.50. The van der Waals surface area contributed by atoms with Crippen LogP contribution in [0.3, 0.4) is 0 Å². The Morgan fingerprint density at radius 2 is 2.19 bits per heavy atom. The van der Waals surface area contributed by atoms with Crippen LogP contribution in [0.1, 0.15) is 31.5 Å². The number of rotatable bonds is 5. The van der Waals surface area contributed by atoms with Gasteiger partial charge in [-0.3, -0.25) is 9.69 Å². The molecule has 0 spiro atoms. The Kier molecular flexibility index (Phi) is 5.40. The molecule has 0 aliphatic carbocycles. The molecule has 136 valence electrons. The van der Waals surface area contributed by atoms with Crippen LogP contribution in [-0.2, 0) is 11.3 Å². The van der Waals surface area contributed by atoms with E-state index >= 15 is 0 Å². The number of nitrogens with two attached hydrogens (primary N) is 1. The average molecular weight is 351 g/mol. The highest BCUT2D eigenvalue weighted by Gasteiger charge is 2.35. The molecule has 6 nitrogen and oxygen atoms in total. The maximum Gasteiger partial charge on any atom is 0.237 e. The molecule has 3 N–H and O–H groups in total. The Hall–Kier alpha value is -2.62. The monoisotopic (exact) mass is 351 g/mol. The van der Waals surface area contributed by atoms with Gasteiger partial charge in [0.05, 0.1) is 17.7 Å². The van der Waals surface area contributed by atoms with Gasteiger partial charge in [0.25, 0.3) is 0 Å². The van der Waals surface area contributed by atoms with Gasteiger partial charge in [0, 0.05) is 42.8 Å². The van der Waals surface area contributed by atoms with Crippen LogP contribution in [0.25, 0.3) is 5.69 Å². The summed E-state index contributed by atoms with van der Waals surface area (Å²) in [5.74, 6) is 0.0394. The van der Waals surface area contributed by atoms with Crippen molar-refractivity contribution in [3.8, 4) is 11.8 Å². The van der Waals surface area contributed by atoms with Crippen molar-refractivity contribution in [1.29, 1.82) is 5.26 Å². The topological polar surface area (TPSA) is 87.1 Å². The van der Waals surface area contributed by atoms with E-state index in [-0.39, 0.29) is 24.0 Å². The number of nitrogens with zero attached hydrogens (tertiary/aromatic N) is 3. The first-order valence-electron chi connectivity index (χ1n) is 8.94. The minimum atomic E-state index is -0.207. The van der Waals surface area contributed by atoms with Crippen LogP contribution in [0, 0.1) is 11.3 Å². The second-order valence-electron chi connectivity index (χ2n) is 7.14. The lowest BCUT2D eigenvalue weighted by Crippen LogP contribution is -2.45. The molecule has 1 saturated heterocycles. The number of hydrogen-bond acceptors (Lipinski definition) is 4. The number of nitrogens with one attached hydrogen (secondary N) is 1. The summed E-state index contributed by atoms with van der Waals surface area (Å²) in [5, 5.41) is 12.1. The van der Waals surface area contributed by atoms with Crippen molar-refractivity contribution in [3.05, 3.63) is 53.9 Å². The molecule has 3 rings (SSSR count). The maximum absolute atomic E-state index is 12.5. The zero-order chi connectivity index (χ0) is 18.7. The van der Waals surface area contributed by atoms with Crippen LogP contribution >= 0.6 is 0 Å². The molecule has 0 unspecified atom stereocenters. The molecule has 2 heterocycles. The molecule has 6 heteroatoms. The third-order valence-corrected chi connectivity index (χ3v) is 4.62. The SMILES string of the molecule is CC(C)NC(=O)[C@@H]1C[C@@H](N)CN1Cc1cccn1-c1cccc(C#N)c1. The number of benzene rings is 1. The highest BCUT2D eigenvalue weighted by Crippen LogP contribution is 2.22. The summed E-state index contributed by atoms with van der Waals surface area (Å²) in [5.41, 5.74) is 8.77. The summed E-state index contributed by atoms with van der Waals surface area (Å²) in [6, 6.07) is 13.6. The Labute approximate surface area is 154 Å². The molecule has 0 saturated carbocycles. The zero-order valence-corrected chi connectivity index (χ0v) is 15.2. The van der Waals surface area contributed by atoms with Gasteiger partial charge >= 0.3 is 0 Å². The van der Waals surface area contributed by atoms with Crippen molar-refractivity contribution < 1.29 is 4.79 Å². The Bertz CT molecular complexity index is 820. The number of nitriles is 1. The van der Waals surface area contributed by atoms with Crippen molar-refractivity contribution in [3.63, 3.8) is 0 Å². The summed E-state index contributed by atoms with van der Waals surface area (Å²) < 4.78 is 2.06. The molecule has 2 aromatic rings. The van der Waals surface area contributed by atoms with E-state index in [2.05, 4.69) is 20.9 Å². The summed E-state index contributed by atoms with van der Waals surface area (Å²) in [6.45, 7) is 5.25. The second-order valence-corrected chi connectivity index (χ2v) is 7.14. The minimum Gasteiger partial charge on any atom is -0.353 e. The van der Waals surface area contributed by atoms with Crippen molar-refractivity contribution in [1.82, 2.24) is 14.8 Å². The van der Waals surface area contributed by atoms with Crippen molar-refractivity contribution >= 4 is 5.91 Å². The number of carbonyl (C=O) groups excluding carboxylic acids is 1. The van der Waals surface area contributed by atoms with Crippen LogP contribution in [0.4, 0.5) is 0 Å². The van der Waals surface area contributed by atoms with E-state index in [0.29, 0.717) is 25.1 Å². The van der Waals surface area contributed by atoms with Crippen molar-refractivity contribution in [2.24, 2.45) is 5.73 Å². The van der Waals surface area contributed by atoms with Crippen LogP contribution in [0.5, 0.6) is 0 Å². The predicted octanol–water partition coefficient (Wildman–Crippen LogP) is 1.78.